The van der Waals surface area contributed by atoms with E-state index >= 15 is 0 Å². The highest BCUT2D eigenvalue weighted by atomic mass is 16.3. The van der Waals surface area contributed by atoms with E-state index in [2.05, 4.69) is 9.88 Å². The van der Waals surface area contributed by atoms with Gasteiger partial charge in [-0.2, -0.15) is 0 Å². The van der Waals surface area contributed by atoms with Crippen LogP contribution in [-0.4, -0.2) is 34.4 Å². The van der Waals surface area contributed by atoms with Gasteiger partial charge in [0.2, 0.25) is 0 Å². The van der Waals surface area contributed by atoms with Crippen LogP contribution in [0, 0.1) is 0 Å². The van der Waals surface area contributed by atoms with Gasteiger partial charge in [-0.3, -0.25) is 0 Å². The van der Waals surface area contributed by atoms with E-state index < -0.39 is 6.10 Å². The van der Waals surface area contributed by atoms with Gasteiger partial charge in [-0.15, -0.1) is 0 Å². The molecule has 1 atom stereocenters. The zero-order chi connectivity index (χ0) is 12.3. The first-order chi connectivity index (χ1) is 8.22. The highest BCUT2D eigenvalue weighted by Crippen LogP contribution is 2.28. The summed E-state index contributed by atoms with van der Waals surface area (Å²) in [5.41, 5.74) is 0.825. The summed E-state index contributed by atoms with van der Waals surface area (Å²) in [5.74, 6) is 0.896. The maximum atomic E-state index is 9.43. The van der Waals surface area contributed by atoms with Crippen molar-refractivity contribution in [3.05, 3.63) is 23.9 Å². The third kappa shape index (κ3) is 2.76. The number of anilines is 1. The van der Waals surface area contributed by atoms with E-state index in [1.807, 2.05) is 12.1 Å². The molecule has 4 nitrogen and oxygen atoms in total. The number of pyridine rings is 1. The third-order valence-corrected chi connectivity index (χ3v) is 3.40. The molecule has 0 amide bonds. The molecule has 2 rings (SSSR count). The van der Waals surface area contributed by atoms with Gasteiger partial charge in [-0.05, 0) is 37.8 Å². The van der Waals surface area contributed by atoms with Crippen molar-refractivity contribution in [2.45, 2.75) is 38.3 Å². The van der Waals surface area contributed by atoms with Gasteiger partial charge in [0.15, 0.2) is 0 Å². The summed E-state index contributed by atoms with van der Waals surface area (Å²) in [5, 5.41) is 18.5. The number of aliphatic hydroxyl groups excluding tert-OH is 2. The Labute approximate surface area is 102 Å². The minimum absolute atomic E-state index is 0.149. The van der Waals surface area contributed by atoms with Crippen molar-refractivity contribution in [2.24, 2.45) is 0 Å². The lowest BCUT2D eigenvalue weighted by Gasteiger charge is -2.38. The van der Waals surface area contributed by atoms with Gasteiger partial charge < -0.3 is 15.1 Å². The van der Waals surface area contributed by atoms with Crippen molar-refractivity contribution in [2.75, 3.05) is 18.1 Å². The molecule has 1 aliphatic carbocycles. The Kier molecular flexibility index (Phi) is 3.97. The summed E-state index contributed by atoms with van der Waals surface area (Å²) < 4.78 is 0. The highest BCUT2D eigenvalue weighted by molar-refractivity contribution is 5.41. The predicted octanol–water partition coefficient (Wildman–Crippen LogP) is 1.49. The molecule has 0 spiro atoms. The normalized spacial score (nSPS) is 17.6. The number of hydrogen-bond donors (Lipinski definition) is 2. The van der Waals surface area contributed by atoms with E-state index in [9.17, 15) is 5.11 Å². The van der Waals surface area contributed by atoms with Crippen LogP contribution in [0.4, 0.5) is 5.82 Å². The van der Waals surface area contributed by atoms with E-state index in [-0.39, 0.29) is 6.61 Å². The van der Waals surface area contributed by atoms with E-state index in [4.69, 9.17) is 5.11 Å². The van der Waals surface area contributed by atoms with Crippen LogP contribution in [0.2, 0.25) is 0 Å². The first-order valence-electron chi connectivity index (χ1n) is 6.24. The summed E-state index contributed by atoms with van der Waals surface area (Å²) in [6.07, 6.45) is 4.85. The molecule has 0 radical (unpaired) electrons. The van der Waals surface area contributed by atoms with Crippen molar-refractivity contribution < 1.29 is 10.2 Å². The quantitative estimate of drug-likeness (QED) is 0.813. The Balaban J connectivity index is 2.11. The average molecular weight is 236 g/mol. The molecule has 17 heavy (non-hydrogen) atoms. The lowest BCUT2D eigenvalue weighted by atomic mass is 9.91. The van der Waals surface area contributed by atoms with Crippen LogP contribution in [0.3, 0.4) is 0 Å². The summed E-state index contributed by atoms with van der Waals surface area (Å²) in [6, 6.07) is 4.35. The van der Waals surface area contributed by atoms with E-state index in [1.165, 1.54) is 19.3 Å². The highest BCUT2D eigenvalue weighted by Gasteiger charge is 2.25. The molecule has 0 saturated heterocycles. The van der Waals surface area contributed by atoms with Crippen molar-refractivity contribution >= 4 is 5.82 Å². The van der Waals surface area contributed by atoms with Crippen LogP contribution in [0.5, 0.6) is 0 Å². The average Bonchev–Trinajstić information content (AvgIpc) is 2.26. The molecule has 2 N–H and O–H groups in total. The number of aliphatic hydroxyl groups is 2. The monoisotopic (exact) mass is 236 g/mol. The predicted molar refractivity (Wildman–Crippen MR) is 66.9 cm³/mol. The van der Waals surface area contributed by atoms with Crippen LogP contribution in [0.1, 0.15) is 37.9 Å². The standard InChI is InChI=1S/C13H20N2O2/c1-10(17)11-5-6-13(14-9-11)15(7-8-16)12-3-2-4-12/h5-6,9-10,12,16-17H,2-4,7-8H2,1H3/t10-/m1/s1. The van der Waals surface area contributed by atoms with Crippen molar-refractivity contribution in [1.29, 1.82) is 0 Å². The molecule has 1 saturated carbocycles. The molecule has 1 aromatic heterocycles. The van der Waals surface area contributed by atoms with Crippen molar-refractivity contribution in [1.82, 2.24) is 4.98 Å². The maximum absolute atomic E-state index is 9.43. The summed E-state index contributed by atoms with van der Waals surface area (Å²) >= 11 is 0. The molecule has 1 fully saturated rings. The summed E-state index contributed by atoms with van der Waals surface area (Å²) in [7, 11) is 0. The Bertz CT molecular complexity index is 347. The van der Waals surface area contributed by atoms with Crippen LogP contribution in [0.25, 0.3) is 0 Å². The van der Waals surface area contributed by atoms with Crippen LogP contribution >= 0.6 is 0 Å². The zero-order valence-corrected chi connectivity index (χ0v) is 10.2. The summed E-state index contributed by atoms with van der Waals surface area (Å²) in [4.78, 5) is 6.54. The molecule has 0 unspecified atom stereocenters. The molecule has 1 heterocycles. The molecule has 1 aromatic rings. The smallest absolute Gasteiger partial charge is 0.128 e. The minimum atomic E-state index is -0.480. The van der Waals surface area contributed by atoms with Gasteiger partial charge >= 0.3 is 0 Å². The second-order valence-corrected chi connectivity index (χ2v) is 4.63. The van der Waals surface area contributed by atoms with Crippen LogP contribution < -0.4 is 4.90 Å². The lowest BCUT2D eigenvalue weighted by Crippen LogP contribution is -2.42. The minimum Gasteiger partial charge on any atom is -0.395 e. The molecular weight excluding hydrogens is 216 g/mol. The van der Waals surface area contributed by atoms with Gasteiger partial charge in [0.1, 0.15) is 5.82 Å². The van der Waals surface area contributed by atoms with Crippen molar-refractivity contribution in [3.63, 3.8) is 0 Å². The van der Waals surface area contributed by atoms with Crippen molar-refractivity contribution in [3.8, 4) is 0 Å². The molecule has 1 aliphatic rings. The fraction of sp³-hybridized carbons (Fsp3) is 0.615. The molecule has 4 heteroatoms. The lowest BCUT2D eigenvalue weighted by molar-refractivity contribution is 0.199. The van der Waals surface area contributed by atoms with Gasteiger partial charge in [-0.25, -0.2) is 4.98 Å². The topological polar surface area (TPSA) is 56.6 Å². The fourth-order valence-corrected chi connectivity index (χ4v) is 2.10. The van der Waals surface area contributed by atoms with E-state index in [0.717, 1.165) is 11.4 Å². The SMILES string of the molecule is C[C@@H](O)c1ccc(N(CCO)C2CCC2)nc1. The molecule has 0 aliphatic heterocycles. The second kappa shape index (κ2) is 5.47. The Morgan fingerprint density at radius 1 is 1.47 bits per heavy atom. The van der Waals surface area contributed by atoms with Gasteiger partial charge in [0, 0.05) is 18.8 Å². The first-order valence-corrected chi connectivity index (χ1v) is 6.24. The van der Waals surface area contributed by atoms with Crippen LogP contribution in [0.15, 0.2) is 18.3 Å². The van der Waals surface area contributed by atoms with Crippen LogP contribution in [-0.2, 0) is 0 Å². The Morgan fingerprint density at radius 3 is 2.65 bits per heavy atom. The molecular formula is C13H20N2O2. The first kappa shape index (κ1) is 12.3. The third-order valence-electron chi connectivity index (χ3n) is 3.40. The Hall–Kier alpha value is -1.13. The summed E-state index contributed by atoms with van der Waals surface area (Å²) in [6.45, 7) is 2.51. The van der Waals surface area contributed by atoms with E-state index in [0.29, 0.717) is 12.6 Å². The maximum Gasteiger partial charge on any atom is 0.128 e. The molecule has 0 bridgehead atoms. The largest absolute Gasteiger partial charge is 0.395 e. The van der Waals surface area contributed by atoms with Gasteiger partial charge in [0.05, 0.1) is 12.7 Å². The molecule has 94 valence electrons. The number of nitrogens with zero attached hydrogens (tertiary/aromatic N) is 2. The fourth-order valence-electron chi connectivity index (χ4n) is 2.10. The Morgan fingerprint density at radius 2 is 2.24 bits per heavy atom. The number of rotatable bonds is 5. The van der Waals surface area contributed by atoms with E-state index in [1.54, 1.807) is 13.1 Å². The number of hydrogen-bond acceptors (Lipinski definition) is 4. The van der Waals surface area contributed by atoms with Gasteiger partial charge in [0.25, 0.3) is 0 Å². The van der Waals surface area contributed by atoms with Gasteiger partial charge in [-0.1, -0.05) is 6.07 Å². The number of aromatic nitrogens is 1. The molecule has 0 aromatic carbocycles. The second-order valence-electron chi connectivity index (χ2n) is 4.63. The zero-order valence-electron chi connectivity index (χ0n) is 10.2.